The largest absolute Gasteiger partial charge is 0.423 e. The average molecular weight is 311 g/mol. The van der Waals surface area contributed by atoms with Crippen LogP contribution in [0.15, 0.2) is 4.42 Å². The Morgan fingerprint density at radius 3 is 2.82 bits per heavy atom. The van der Waals surface area contributed by atoms with Gasteiger partial charge in [-0.25, -0.2) is 0 Å². The van der Waals surface area contributed by atoms with Crippen LogP contribution in [0.3, 0.4) is 0 Å². The van der Waals surface area contributed by atoms with Gasteiger partial charge in [0.15, 0.2) is 6.10 Å². The quantitative estimate of drug-likeness (QED) is 0.796. The maximum absolute atomic E-state index is 12.4. The predicted molar refractivity (Wildman–Crippen MR) is 79.2 cm³/mol. The molecule has 0 aliphatic carbocycles. The SMILES string of the molecule is Cc1nnc([C@@H]2CN(C(=O)[C@H](C)OCCC(C)C)CCO2)o1. The Bertz CT molecular complexity index is 489. The highest BCUT2D eigenvalue weighted by Crippen LogP contribution is 2.21. The molecule has 1 saturated heterocycles. The minimum Gasteiger partial charge on any atom is -0.423 e. The highest BCUT2D eigenvalue weighted by molar-refractivity contribution is 5.80. The average Bonchev–Trinajstić information content (AvgIpc) is 2.92. The summed E-state index contributed by atoms with van der Waals surface area (Å²) >= 11 is 0. The first-order valence-corrected chi connectivity index (χ1v) is 7.79. The number of morpholine rings is 1. The molecule has 1 aromatic heterocycles. The standard InChI is InChI=1S/C15H25N3O4/c1-10(2)5-7-20-11(3)15(19)18-6-8-21-13(9-18)14-17-16-12(4)22-14/h10-11,13H,5-9H2,1-4H3/t11-,13-/m0/s1. The van der Waals surface area contributed by atoms with Gasteiger partial charge in [0, 0.05) is 20.1 Å². The summed E-state index contributed by atoms with van der Waals surface area (Å²) in [5.41, 5.74) is 0. The molecule has 1 amide bonds. The molecule has 2 heterocycles. The number of aryl methyl sites for hydroxylation is 1. The van der Waals surface area contributed by atoms with Gasteiger partial charge in [0.25, 0.3) is 5.91 Å². The van der Waals surface area contributed by atoms with Crippen molar-refractivity contribution >= 4 is 5.91 Å². The number of amides is 1. The van der Waals surface area contributed by atoms with Crippen LogP contribution in [0, 0.1) is 12.8 Å². The third kappa shape index (κ3) is 4.51. The lowest BCUT2D eigenvalue weighted by Crippen LogP contribution is -2.46. The minimum absolute atomic E-state index is 0.0201. The van der Waals surface area contributed by atoms with E-state index in [1.54, 1.807) is 18.7 Å². The molecular weight excluding hydrogens is 286 g/mol. The van der Waals surface area contributed by atoms with Crippen molar-refractivity contribution in [2.45, 2.75) is 46.3 Å². The van der Waals surface area contributed by atoms with Crippen LogP contribution in [0.1, 0.15) is 45.1 Å². The van der Waals surface area contributed by atoms with Gasteiger partial charge in [0.05, 0.1) is 13.2 Å². The molecule has 7 nitrogen and oxygen atoms in total. The third-order valence-electron chi connectivity index (χ3n) is 3.61. The van der Waals surface area contributed by atoms with Crippen molar-refractivity contribution in [1.29, 1.82) is 0 Å². The van der Waals surface area contributed by atoms with Gasteiger partial charge in [0.1, 0.15) is 6.10 Å². The lowest BCUT2D eigenvalue weighted by Gasteiger charge is -2.32. The zero-order chi connectivity index (χ0) is 16.1. The molecule has 0 spiro atoms. The summed E-state index contributed by atoms with van der Waals surface area (Å²) < 4.78 is 16.6. The van der Waals surface area contributed by atoms with Crippen LogP contribution in [-0.2, 0) is 14.3 Å². The number of nitrogens with zero attached hydrogens (tertiary/aromatic N) is 3. The van der Waals surface area contributed by atoms with Gasteiger partial charge in [-0.15, -0.1) is 10.2 Å². The second-order valence-electron chi connectivity index (χ2n) is 6.00. The van der Waals surface area contributed by atoms with E-state index in [0.717, 1.165) is 6.42 Å². The molecule has 2 atom stereocenters. The number of aromatic nitrogens is 2. The highest BCUT2D eigenvalue weighted by atomic mass is 16.5. The molecule has 124 valence electrons. The summed E-state index contributed by atoms with van der Waals surface area (Å²) in [6, 6.07) is 0. The predicted octanol–water partition coefficient (Wildman–Crippen LogP) is 1.73. The van der Waals surface area contributed by atoms with Gasteiger partial charge in [-0.1, -0.05) is 13.8 Å². The number of hydrogen-bond donors (Lipinski definition) is 0. The van der Waals surface area contributed by atoms with Gasteiger partial charge in [-0.05, 0) is 19.3 Å². The zero-order valence-corrected chi connectivity index (χ0v) is 13.7. The summed E-state index contributed by atoms with van der Waals surface area (Å²) in [6.45, 7) is 9.82. The number of hydrogen-bond acceptors (Lipinski definition) is 6. The van der Waals surface area contributed by atoms with Crippen molar-refractivity contribution in [2.75, 3.05) is 26.3 Å². The lowest BCUT2D eigenvalue weighted by atomic mass is 10.1. The van der Waals surface area contributed by atoms with Gasteiger partial charge >= 0.3 is 0 Å². The number of carbonyl (C=O) groups excluding carboxylic acids is 1. The molecule has 0 saturated carbocycles. The lowest BCUT2D eigenvalue weighted by molar-refractivity contribution is -0.151. The Morgan fingerprint density at radius 1 is 1.41 bits per heavy atom. The van der Waals surface area contributed by atoms with Crippen molar-refractivity contribution < 1.29 is 18.7 Å². The van der Waals surface area contributed by atoms with E-state index >= 15 is 0 Å². The molecule has 0 N–H and O–H groups in total. The Labute approximate surface area is 131 Å². The molecule has 1 fully saturated rings. The van der Waals surface area contributed by atoms with Crippen LogP contribution in [0.5, 0.6) is 0 Å². The summed E-state index contributed by atoms with van der Waals surface area (Å²) in [6.07, 6.45) is 0.147. The number of carbonyl (C=O) groups is 1. The molecule has 0 aromatic carbocycles. The van der Waals surface area contributed by atoms with Gasteiger partial charge < -0.3 is 18.8 Å². The van der Waals surface area contributed by atoms with Crippen LogP contribution in [0.4, 0.5) is 0 Å². The van der Waals surface area contributed by atoms with Crippen molar-refractivity contribution in [3.63, 3.8) is 0 Å². The zero-order valence-electron chi connectivity index (χ0n) is 13.7. The second kappa shape index (κ2) is 7.69. The molecule has 22 heavy (non-hydrogen) atoms. The number of rotatable bonds is 6. The Kier molecular flexibility index (Phi) is 5.90. The van der Waals surface area contributed by atoms with E-state index in [9.17, 15) is 4.79 Å². The van der Waals surface area contributed by atoms with E-state index in [1.807, 2.05) is 0 Å². The third-order valence-corrected chi connectivity index (χ3v) is 3.61. The molecular formula is C15H25N3O4. The summed E-state index contributed by atoms with van der Waals surface area (Å²) in [5, 5.41) is 7.77. The maximum Gasteiger partial charge on any atom is 0.251 e. The maximum atomic E-state index is 12.4. The first-order valence-electron chi connectivity index (χ1n) is 7.79. The summed E-state index contributed by atoms with van der Waals surface area (Å²) in [4.78, 5) is 14.2. The molecule has 1 aromatic rings. The van der Waals surface area contributed by atoms with Crippen LogP contribution < -0.4 is 0 Å². The van der Waals surface area contributed by atoms with E-state index < -0.39 is 6.10 Å². The van der Waals surface area contributed by atoms with Crippen molar-refractivity contribution in [1.82, 2.24) is 15.1 Å². The van der Waals surface area contributed by atoms with Gasteiger partial charge in [-0.2, -0.15) is 0 Å². The highest BCUT2D eigenvalue weighted by Gasteiger charge is 2.31. The van der Waals surface area contributed by atoms with E-state index in [-0.39, 0.29) is 12.0 Å². The summed E-state index contributed by atoms with van der Waals surface area (Å²) in [5.74, 6) is 1.46. The molecule has 1 aliphatic rings. The van der Waals surface area contributed by atoms with E-state index in [4.69, 9.17) is 13.9 Å². The van der Waals surface area contributed by atoms with E-state index in [1.165, 1.54) is 0 Å². The first kappa shape index (κ1) is 16.9. The van der Waals surface area contributed by atoms with Crippen LogP contribution in [-0.4, -0.2) is 53.4 Å². The van der Waals surface area contributed by atoms with E-state index in [0.29, 0.717) is 44.0 Å². The monoisotopic (exact) mass is 311 g/mol. The van der Waals surface area contributed by atoms with Crippen molar-refractivity contribution in [3.05, 3.63) is 11.8 Å². The second-order valence-corrected chi connectivity index (χ2v) is 6.00. The Morgan fingerprint density at radius 2 is 2.18 bits per heavy atom. The fraction of sp³-hybridized carbons (Fsp3) is 0.800. The first-order chi connectivity index (χ1) is 10.5. The van der Waals surface area contributed by atoms with Crippen LogP contribution in [0.2, 0.25) is 0 Å². The molecule has 0 bridgehead atoms. The molecule has 0 radical (unpaired) electrons. The van der Waals surface area contributed by atoms with Crippen LogP contribution >= 0.6 is 0 Å². The molecule has 2 rings (SSSR count). The number of ether oxygens (including phenoxy) is 2. The molecule has 7 heteroatoms. The Balaban J connectivity index is 1.87. The smallest absolute Gasteiger partial charge is 0.251 e. The van der Waals surface area contributed by atoms with Gasteiger partial charge in [-0.3, -0.25) is 4.79 Å². The molecule has 1 aliphatic heterocycles. The van der Waals surface area contributed by atoms with E-state index in [2.05, 4.69) is 24.0 Å². The fourth-order valence-corrected chi connectivity index (χ4v) is 2.25. The van der Waals surface area contributed by atoms with Crippen molar-refractivity contribution in [2.24, 2.45) is 5.92 Å². The normalized spacial score (nSPS) is 20.4. The summed E-state index contributed by atoms with van der Waals surface area (Å²) in [7, 11) is 0. The fourth-order valence-electron chi connectivity index (χ4n) is 2.25. The van der Waals surface area contributed by atoms with Gasteiger partial charge in [0.2, 0.25) is 11.8 Å². The van der Waals surface area contributed by atoms with Crippen LogP contribution in [0.25, 0.3) is 0 Å². The Hall–Kier alpha value is -1.47. The van der Waals surface area contributed by atoms with Crippen molar-refractivity contribution in [3.8, 4) is 0 Å². The topological polar surface area (TPSA) is 77.7 Å². The molecule has 0 unspecified atom stereocenters. The minimum atomic E-state index is -0.443.